The van der Waals surface area contributed by atoms with Gasteiger partial charge in [-0.15, -0.1) is 10.2 Å². The fraction of sp³-hybridized carbons (Fsp3) is 0.296. The maximum absolute atomic E-state index is 13.9. The normalized spacial score (nSPS) is 11.2. The Morgan fingerprint density at radius 3 is 2.58 bits per heavy atom. The molecule has 0 unspecified atom stereocenters. The highest BCUT2D eigenvalue weighted by atomic mass is 16.2. The van der Waals surface area contributed by atoms with Crippen molar-refractivity contribution in [1.82, 2.24) is 44.5 Å². The lowest BCUT2D eigenvalue weighted by atomic mass is 9.96. The minimum Gasteiger partial charge on any atom is -0.294 e. The number of nitrogens with one attached hydrogen (secondary N) is 1. The third-order valence-electron chi connectivity index (χ3n) is 6.60. The number of benzene rings is 1. The highest BCUT2D eigenvalue weighted by Gasteiger charge is 2.22. The number of pyridine rings is 1. The quantitative estimate of drug-likeness (QED) is 0.283. The average molecular weight is 512 g/mol. The average Bonchev–Trinajstić information content (AvgIpc) is 3.68. The summed E-state index contributed by atoms with van der Waals surface area (Å²) < 4.78 is 5.01. The predicted octanol–water partition coefficient (Wildman–Crippen LogP) is 3.69. The van der Waals surface area contributed by atoms with Crippen LogP contribution in [0.5, 0.6) is 0 Å². The van der Waals surface area contributed by atoms with E-state index in [1.807, 2.05) is 43.5 Å². The Morgan fingerprint density at radius 2 is 1.87 bits per heavy atom. The van der Waals surface area contributed by atoms with Crippen LogP contribution in [0.1, 0.15) is 55.2 Å². The molecule has 1 aromatic carbocycles. The molecule has 5 aromatic rings. The first-order chi connectivity index (χ1) is 18.5. The molecule has 0 atom stereocenters. The van der Waals surface area contributed by atoms with Gasteiger partial charge in [0.05, 0.1) is 18.3 Å². The van der Waals surface area contributed by atoms with Crippen LogP contribution in [0.2, 0.25) is 0 Å². The molecular weight excluding hydrogens is 482 g/mol. The molecule has 0 fully saturated rings. The minimum absolute atomic E-state index is 0.137. The maximum Gasteiger partial charge on any atom is 0.334 e. The summed E-state index contributed by atoms with van der Waals surface area (Å²) in [7, 11) is 0. The van der Waals surface area contributed by atoms with E-state index in [-0.39, 0.29) is 11.5 Å². The summed E-state index contributed by atoms with van der Waals surface area (Å²) in [5.74, 6) is 0.845. The number of carbonyl (C=O) groups excluding carboxylic acids is 1. The number of rotatable bonds is 10. The van der Waals surface area contributed by atoms with Crippen LogP contribution in [0, 0.1) is 0 Å². The van der Waals surface area contributed by atoms with Crippen molar-refractivity contribution in [2.24, 2.45) is 0 Å². The van der Waals surface area contributed by atoms with Gasteiger partial charge < -0.3 is 0 Å². The highest BCUT2D eigenvalue weighted by Crippen LogP contribution is 2.32. The molecule has 0 aliphatic carbocycles. The SMILES string of the molecule is CCCCc1cn(-c2c(C(C)=O)cnn2CC)c(=O)n1Cc1cnccc1-c1ccccc1-c1nn[nH]n1. The van der Waals surface area contributed by atoms with Gasteiger partial charge >= 0.3 is 5.69 Å². The number of Topliss-reactive ketones (excluding diaryl/α,β-unsaturated/α-hetero) is 1. The first kappa shape index (κ1) is 25.0. The second-order valence-corrected chi connectivity index (χ2v) is 9.03. The lowest BCUT2D eigenvalue weighted by Crippen LogP contribution is -2.27. The third kappa shape index (κ3) is 4.58. The zero-order valence-electron chi connectivity index (χ0n) is 21.6. The molecule has 11 heteroatoms. The molecule has 1 N–H and O–H groups in total. The summed E-state index contributed by atoms with van der Waals surface area (Å²) in [6.07, 6.45) is 9.53. The maximum atomic E-state index is 13.9. The Kier molecular flexibility index (Phi) is 7.07. The van der Waals surface area contributed by atoms with Crippen LogP contribution in [0.25, 0.3) is 28.3 Å². The number of hydrogen-bond donors (Lipinski definition) is 1. The van der Waals surface area contributed by atoms with E-state index in [2.05, 4.69) is 37.6 Å². The van der Waals surface area contributed by atoms with Crippen LogP contribution >= 0.6 is 0 Å². The van der Waals surface area contributed by atoms with E-state index in [1.54, 1.807) is 26.2 Å². The van der Waals surface area contributed by atoms with E-state index in [0.717, 1.165) is 47.2 Å². The first-order valence-electron chi connectivity index (χ1n) is 12.7. The summed E-state index contributed by atoms with van der Waals surface area (Å²) in [6.45, 7) is 6.38. The molecule has 0 saturated heterocycles. The zero-order chi connectivity index (χ0) is 26.6. The Hall–Kier alpha value is -4.67. The highest BCUT2D eigenvalue weighted by molar-refractivity contribution is 5.96. The van der Waals surface area contributed by atoms with E-state index in [4.69, 9.17) is 0 Å². The van der Waals surface area contributed by atoms with Crippen LogP contribution in [-0.4, -0.2) is 50.3 Å². The number of aromatic amines is 1. The molecule has 11 nitrogen and oxygen atoms in total. The molecule has 0 spiro atoms. The molecule has 0 radical (unpaired) electrons. The molecule has 38 heavy (non-hydrogen) atoms. The summed E-state index contributed by atoms with van der Waals surface area (Å²) in [5.41, 5.74) is 4.61. The van der Waals surface area contributed by atoms with Crippen molar-refractivity contribution in [3.05, 3.63) is 82.4 Å². The zero-order valence-corrected chi connectivity index (χ0v) is 21.6. The van der Waals surface area contributed by atoms with Gasteiger partial charge in [0, 0.05) is 36.4 Å². The van der Waals surface area contributed by atoms with E-state index in [0.29, 0.717) is 30.3 Å². The molecule has 4 heterocycles. The van der Waals surface area contributed by atoms with Gasteiger partial charge in [-0.1, -0.05) is 37.6 Å². The van der Waals surface area contributed by atoms with Crippen LogP contribution in [0.3, 0.4) is 0 Å². The number of aryl methyl sites for hydroxylation is 2. The van der Waals surface area contributed by atoms with Gasteiger partial charge in [0.1, 0.15) is 5.82 Å². The standard InChI is InChI=1S/C27H29N9O2/c1-4-6-9-20-17-35(26-24(18(3)37)15-29-36(26)5-2)27(38)34(20)16-19-14-28-13-12-21(19)22-10-7-8-11-23(22)25-30-32-33-31-25/h7-8,10-15,17H,4-6,9,16H2,1-3H3,(H,30,31,32,33). The molecule has 4 aromatic heterocycles. The van der Waals surface area contributed by atoms with Gasteiger partial charge in [0.25, 0.3) is 0 Å². The van der Waals surface area contributed by atoms with Crippen molar-refractivity contribution in [3.8, 4) is 28.3 Å². The fourth-order valence-corrected chi connectivity index (χ4v) is 4.69. The van der Waals surface area contributed by atoms with Gasteiger partial charge in [-0.3, -0.25) is 18.9 Å². The van der Waals surface area contributed by atoms with E-state index in [1.165, 1.54) is 13.1 Å². The Morgan fingerprint density at radius 1 is 1.05 bits per heavy atom. The van der Waals surface area contributed by atoms with E-state index < -0.39 is 0 Å². The minimum atomic E-state index is -0.227. The summed E-state index contributed by atoms with van der Waals surface area (Å²) >= 11 is 0. The van der Waals surface area contributed by atoms with Gasteiger partial charge in [-0.05, 0) is 54.7 Å². The van der Waals surface area contributed by atoms with Crippen LogP contribution in [0.4, 0.5) is 0 Å². The molecule has 0 saturated carbocycles. The monoisotopic (exact) mass is 511 g/mol. The number of hydrogen-bond acceptors (Lipinski definition) is 7. The Bertz CT molecular complexity index is 1630. The molecule has 0 aliphatic heterocycles. The molecule has 5 rings (SSSR count). The number of tetrazole rings is 1. The second-order valence-electron chi connectivity index (χ2n) is 9.03. The summed E-state index contributed by atoms with van der Waals surface area (Å²) in [6, 6.07) is 9.74. The summed E-state index contributed by atoms with van der Waals surface area (Å²) in [5, 5.41) is 18.9. The van der Waals surface area contributed by atoms with E-state index >= 15 is 0 Å². The molecule has 194 valence electrons. The molecule has 0 aliphatic rings. The van der Waals surface area contributed by atoms with Crippen molar-refractivity contribution in [2.45, 2.75) is 53.1 Å². The number of unbranched alkanes of at least 4 members (excludes halogenated alkanes) is 1. The van der Waals surface area contributed by atoms with Crippen molar-refractivity contribution in [3.63, 3.8) is 0 Å². The number of H-pyrrole nitrogens is 1. The lowest BCUT2D eigenvalue weighted by molar-refractivity contribution is 0.101. The van der Waals surface area contributed by atoms with Gasteiger partial charge in [-0.25, -0.2) is 9.48 Å². The van der Waals surface area contributed by atoms with Gasteiger partial charge in [-0.2, -0.15) is 10.3 Å². The molecule has 0 amide bonds. The van der Waals surface area contributed by atoms with Gasteiger partial charge in [0.2, 0.25) is 5.82 Å². The van der Waals surface area contributed by atoms with E-state index in [9.17, 15) is 9.59 Å². The largest absolute Gasteiger partial charge is 0.334 e. The predicted molar refractivity (Wildman–Crippen MR) is 142 cm³/mol. The lowest BCUT2D eigenvalue weighted by Gasteiger charge is -2.14. The van der Waals surface area contributed by atoms with Crippen molar-refractivity contribution in [1.29, 1.82) is 0 Å². The fourth-order valence-electron chi connectivity index (χ4n) is 4.69. The first-order valence-corrected chi connectivity index (χ1v) is 12.7. The smallest absolute Gasteiger partial charge is 0.294 e. The van der Waals surface area contributed by atoms with Crippen LogP contribution in [-0.2, 0) is 19.5 Å². The Labute approximate surface area is 219 Å². The van der Waals surface area contributed by atoms with Gasteiger partial charge in [0.15, 0.2) is 5.78 Å². The summed E-state index contributed by atoms with van der Waals surface area (Å²) in [4.78, 5) is 30.7. The molecular formula is C27H29N9O2. The molecule has 0 bridgehead atoms. The van der Waals surface area contributed by atoms with Crippen LogP contribution < -0.4 is 5.69 Å². The second kappa shape index (κ2) is 10.8. The number of nitrogens with zero attached hydrogens (tertiary/aromatic N) is 8. The third-order valence-corrected chi connectivity index (χ3v) is 6.60. The number of ketones is 1. The van der Waals surface area contributed by atoms with Crippen molar-refractivity contribution in [2.75, 3.05) is 0 Å². The Balaban J connectivity index is 1.64. The van der Waals surface area contributed by atoms with Crippen molar-refractivity contribution < 1.29 is 4.79 Å². The number of carbonyl (C=O) groups is 1. The number of aromatic nitrogens is 9. The van der Waals surface area contributed by atoms with Crippen molar-refractivity contribution >= 4 is 5.78 Å². The topological polar surface area (TPSA) is 129 Å². The number of imidazole rings is 1. The van der Waals surface area contributed by atoms with Crippen LogP contribution in [0.15, 0.2) is 59.9 Å².